The van der Waals surface area contributed by atoms with E-state index in [1.54, 1.807) is 31.4 Å². The Morgan fingerprint density at radius 1 is 1.21 bits per heavy atom. The van der Waals surface area contributed by atoms with Crippen LogP contribution in [0, 0.1) is 0 Å². The number of likely N-dealkylation sites (N-methyl/N-ethyl adjacent to an activating group) is 1. The molecule has 0 bridgehead atoms. The lowest BCUT2D eigenvalue weighted by molar-refractivity contribution is 0.0941. The normalized spacial score (nSPS) is 11.5. The van der Waals surface area contributed by atoms with Crippen molar-refractivity contribution in [3.63, 3.8) is 0 Å². The number of nitrogens with one attached hydrogen (secondary N) is 1. The Morgan fingerprint density at radius 3 is 2.54 bits per heavy atom. The fraction of sp³-hybridized carbons (Fsp3) is 0.278. The summed E-state index contributed by atoms with van der Waals surface area (Å²) in [6, 6.07) is 14.7. The van der Waals surface area contributed by atoms with E-state index in [2.05, 4.69) is 10.2 Å². The van der Waals surface area contributed by atoms with Gasteiger partial charge in [-0.2, -0.15) is 0 Å². The fourth-order valence-electron chi connectivity index (χ4n) is 2.43. The number of nitrogens with zero attached hydrogens (tertiary/aromatic N) is 1. The van der Waals surface area contributed by atoms with Crippen LogP contribution in [-0.2, 0) is 0 Å². The van der Waals surface area contributed by atoms with E-state index in [1.807, 2.05) is 38.4 Å². The highest BCUT2D eigenvalue weighted by Crippen LogP contribution is 2.27. The van der Waals surface area contributed by atoms with Gasteiger partial charge in [0.05, 0.1) is 13.2 Å². The molecule has 130 valence electrons. The summed E-state index contributed by atoms with van der Waals surface area (Å²) in [5.74, 6) is 0.664. The van der Waals surface area contributed by atoms with E-state index in [4.69, 9.17) is 16.3 Å². The molecule has 1 amide bonds. The Balaban J connectivity index is 0.00000288. The van der Waals surface area contributed by atoms with Gasteiger partial charge in [-0.15, -0.1) is 12.4 Å². The number of hydrogen-bond acceptors (Lipinski definition) is 3. The van der Waals surface area contributed by atoms with Gasteiger partial charge in [0.25, 0.3) is 5.91 Å². The second kappa shape index (κ2) is 9.52. The maximum Gasteiger partial charge on any atom is 0.251 e. The molecular formula is C18H22Cl2N2O2. The van der Waals surface area contributed by atoms with Gasteiger partial charge in [0.1, 0.15) is 5.75 Å². The van der Waals surface area contributed by atoms with Crippen LogP contribution in [0.2, 0.25) is 5.02 Å². The van der Waals surface area contributed by atoms with E-state index in [-0.39, 0.29) is 24.4 Å². The Morgan fingerprint density at radius 2 is 1.92 bits per heavy atom. The average molecular weight is 369 g/mol. The van der Waals surface area contributed by atoms with Crippen molar-refractivity contribution < 1.29 is 9.53 Å². The van der Waals surface area contributed by atoms with Gasteiger partial charge in [-0.1, -0.05) is 35.9 Å². The molecule has 2 aromatic rings. The average Bonchev–Trinajstić information content (AvgIpc) is 2.55. The van der Waals surface area contributed by atoms with Crippen molar-refractivity contribution in [1.82, 2.24) is 10.2 Å². The lowest BCUT2D eigenvalue weighted by Crippen LogP contribution is -2.34. The van der Waals surface area contributed by atoms with Gasteiger partial charge in [-0.3, -0.25) is 4.79 Å². The van der Waals surface area contributed by atoms with E-state index in [0.29, 0.717) is 17.1 Å². The smallest absolute Gasteiger partial charge is 0.251 e. The zero-order valence-corrected chi connectivity index (χ0v) is 15.5. The van der Waals surface area contributed by atoms with Crippen molar-refractivity contribution in [2.45, 2.75) is 6.04 Å². The van der Waals surface area contributed by atoms with Crippen LogP contribution in [0.5, 0.6) is 5.75 Å². The van der Waals surface area contributed by atoms with Crippen LogP contribution in [0.4, 0.5) is 0 Å². The lowest BCUT2D eigenvalue weighted by atomic mass is 10.0. The first-order valence-corrected chi connectivity index (χ1v) is 7.74. The minimum absolute atomic E-state index is 0. The molecule has 4 nitrogen and oxygen atoms in total. The molecule has 0 radical (unpaired) electrons. The maximum absolute atomic E-state index is 12.3. The topological polar surface area (TPSA) is 41.6 Å². The number of methoxy groups -OCH3 is 1. The third-order valence-corrected chi connectivity index (χ3v) is 3.90. The zero-order valence-electron chi connectivity index (χ0n) is 14.0. The Labute approximate surface area is 154 Å². The van der Waals surface area contributed by atoms with Crippen molar-refractivity contribution in [2.24, 2.45) is 0 Å². The Bertz CT molecular complexity index is 678. The Hall–Kier alpha value is -1.75. The summed E-state index contributed by atoms with van der Waals surface area (Å²) in [5, 5.41) is 3.51. The van der Waals surface area contributed by atoms with Crippen LogP contribution in [0.3, 0.4) is 0 Å². The number of para-hydroxylation sites is 1. The highest BCUT2D eigenvalue weighted by molar-refractivity contribution is 6.30. The van der Waals surface area contributed by atoms with Crippen molar-refractivity contribution in [3.05, 3.63) is 64.7 Å². The quantitative estimate of drug-likeness (QED) is 0.842. The van der Waals surface area contributed by atoms with E-state index in [0.717, 1.165) is 11.3 Å². The predicted octanol–water partition coefficient (Wildman–Crippen LogP) is 3.80. The molecule has 0 aromatic heterocycles. The molecule has 0 fully saturated rings. The first-order chi connectivity index (χ1) is 11.0. The summed E-state index contributed by atoms with van der Waals surface area (Å²) in [4.78, 5) is 14.3. The van der Waals surface area contributed by atoms with Crippen LogP contribution in [0.25, 0.3) is 0 Å². The standard InChI is InChI=1S/C18H21ClN2O2.ClH/c1-21(2)16(15-9-4-5-10-17(15)23-3)12-20-18(22)13-7-6-8-14(19)11-13;/h4-11,16H,12H2,1-3H3,(H,20,22);1H. The molecule has 1 unspecified atom stereocenters. The minimum atomic E-state index is -0.144. The number of benzene rings is 2. The van der Waals surface area contributed by atoms with E-state index < -0.39 is 0 Å². The van der Waals surface area contributed by atoms with E-state index in [9.17, 15) is 4.79 Å². The maximum atomic E-state index is 12.3. The number of rotatable bonds is 6. The SMILES string of the molecule is COc1ccccc1C(CNC(=O)c1cccc(Cl)c1)N(C)C.Cl. The van der Waals surface area contributed by atoms with Gasteiger partial charge in [-0.25, -0.2) is 0 Å². The monoisotopic (exact) mass is 368 g/mol. The molecule has 2 rings (SSSR count). The fourth-order valence-corrected chi connectivity index (χ4v) is 2.62. The van der Waals surface area contributed by atoms with Gasteiger partial charge in [0.15, 0.2) is 0 Å². The summed E-state index contributed by atoms with van der Waals surface area (Å²) >= 11 is 5.93. The molecule has 1 N–H and O–H groups in total. The van der Waals surface area contributed by atoms with Crippen molar-refractivity contribution in [3.8, 4) is 5.75 Å². The number of halogens is 2. The highest BCUT2D eigenvalue weighted by Gasteiger charge is 2.19. The molecule has 2 aromatic carbocycles. The molecule has 0 aliphatic heterocycles. The summed E-state index contributed by atoms with van der Waals surface area (Å²) in [6.07, 6.45) is 0. The molecule has 0 saturated heterocycles. The van der Waals surface area contributed by atoms with Gasteiger partial charge in [-0.05, 0) is 38.4 Å². The number of carbonyl (C=O) groups is 1. The molecule has 24 heavy (non-hydrogen) atoms. The summed E-state index contributed by atoms with van der Waals surface area (Å²) in [6.45, 7) is 0.471. The first-order valence-electron chi connectivity index (χ1n) is 7.36. The second-order valence-corrected chi connectivity index (χ2v) is 5.88. The molecule has 6 heteroatoms. The Kier molecular flexibility index (Phi) is 8.05. The third-order valence-electron chi connectivity index (χ3n) is 3.66. The first kappa shape index (κ1) is 20.3. The van der Waals surface area contributed by atoms with E-state index >= 15 is 0 Å². The number of amides is 1. The molecular weight excluding hydrogens is 347 g/mol. The summed E-state index contributed by atoms with van der Waals surface area (Å²) < 4.78 is 5.43. The van der Waals surface area contributed by atoms with Gasteiger partial charge in [0, 0.05) is 22.7 Å². The number of carbonyl (C=O) groups excluding carboxylic acids is 1. The summed E-state index contributed by atoms with van der Waals surface area (Å²) in [7, 11) is 5.60. The lowest BCUT2D eigenvalue weighted by Gasteiger charge is -2.26. The molecule has 0 saturated carbocycles. The molecule has 1 atom stereocenters. The number of ether oxygens (including phenoxy) is 1. The molecule has 0 aliphatic rings. The minimum Gasteiger partial charge on any atom is -0.496 e. The largest absolute Gasteiger partial charge is 0.496 e. The van der Waals surface area contributed by atoms with Crippen LogP contribution >= 0.6 is 24.0 Å². The van der Waals surface area contributed by atoms with Gasteiger partial charge < -0.3 is 15.0 Å². The second-order valence-electron chi connectivity index (χ2n) is 5.44. The van der Waals surface area contributed by atoms with Crippen LogP contribution < -0.4 is 10.1 Å². The van der Waals surface area contributed by atoms with Crippen molar-refractivity contribution >= 4 is 29.9 Å². The van der Waals surface area contributed by atoms with Crippen LogP contribution in [-0.4, -0.2) is 38.6 Å². The highest BCUT2D eigenvalue weighted by atomic mass is 35.5. The van der Waals surface area contributed by atoms with Gasteiger partial charge in [0.2, 0.25) is 0 Å². The van der Waals surface area contributed by atoms with Crippen molar-refractivity contribution in [1.29, 1.82) is 0 Å². The predicted molar refractivity (Wildman–Crippen MR) is 100 cm³/mol. The zero-order chi connectivity index (χ0) is 16.8. The number of hydrogen-bond donors (Lipinski definition) is 1. The third kappa shape index (κ3) is 5.13. The molecule has 0 aliphatic carbocycles. The van der Waals surface area contributed by atoms with Crippen molar-refractivity contribution in [2.75, 3.05) is 27.7 Å². The van der Waals surface area contributed by atoms with Crippen LogP contribution in [0.15, 0.2) is 48.5 Å². The van der Waals surface area contributed by atoms with Gasteiger partial charge >= 0.3 is 0 Å². The summed E-state index contributed by atoms with van der Waals surface area (Å²) in [5.41, 5.74) is 1.58. The molecule has 0 heterocycles. The van der Waals surface area contributed by atoms with Crippen LogP contribution in [0.1, 0.15) is 22.0 Å². The molecule has 0 spiro atoms. The van der Waals surface area contributed by atoms with E-state index in [1.165, 1.54) is 0 Å².